The first-order chi connectivity index (χ1) is 16.7. The monoisotopic (exact) mass is 493 g/mol. The van der Waals surface area contributed by atoms with E-state index in [1.54, 1.807) is 0 Å². The summed E-state index contributed by atoms with van der Waals surface area (Å²) in [6.45, 7) is 12.2. The van der Waals surface area contributed by atoms with Crippen molar-refractivity contribution in [3.63, 3.8) is 0 Å². The zero-order valence-electron chi connectivity index (χ0n) is 22.4. The smallest absolute Gasteiger partial charge is 0.371 e. The number of hydrogen-bond donors (Lipinski definition) is 1. The maximum Gasteiger partial charge on any atom is 0.371 e. The molecule has 0 bridgehead atoms. The minimum atomic E-state index is -1.22. The molecule has 4 rings (SSSR count). The van der Waals surface area contributed by atoms with E-state index in [-0.39, 0.29) is 30.0 Å². The first-order valence-electron chi connectivity index (χ1n) is 14.0. The molecule has 2 aliphatic carbocycles. The molecule has 0 amide bonds. The third-order valence-electron chi connectivity index (χ3n) is 7.87. The van der Waals surface area contributed by atoms with E-state index in [0.29, 0.717) is 6.61 Å². The second-order valence-electron chi connectivity index (χ2n) is 11.9. The largest absolute Gasteiger partial charge is 0.466 e. The SMILES string of the molecule is CCOC(=O)C1CCC(OC(C(=O)OC(C)(C)C)(N2CCCC2)N2CCNCC2CC2CC2)CC1. The van der Waals surface area contributed by atoms with Gasteiger partial charge < -0.3 is 19.5 Å². The summed E-state index contributed by atoms with van der Waals surface area (Å²) in [6.07, 6.45) is 8.66. The minimum Gasteiger partial charge on any atom is -0.466 e. The van der Waals surface area contributed by atoms with E-state index < -0.39 is 11.4 Å². The van der Waals surface area contributed by atoms with Crippen molar-refractivity contribution >= 4 is 11.9 Å². The van der Waals surface area contributed by atoms with Gasteiger partial charge in [0.25, 0.3) is 5.85 Å². The summed E-state index contributed by atoms with van der Waals surface area (Å²) in [4.78, 5) is 31.1. The highest BCUT2D eigenvalue weighted by Crippen LogP contribution is 2.41. The van der Waals surface area contributed by atoms with Crippen LogP contribution in [0.25, 0.3) is 0 Å². The Morgan fingerprint density at radius 2 is 1.66 bits per heavy atom. The van der Waals surface area contributed by atoms with Crippen molar-refractivity contribution in [1.82, 2.24) is 15.1 Å². The molecule has 2 unspecified atom stereocenters. The Morgan fingerprint density at radius 3 is 2.26 bits per heavy atom. The summed E-state index contributed by atoms with van der Waals surface area (Å²) in [5, 5.41) is 3.56. The van der Waals surface area contributed by atoms with E-state index in [9.17, 15) is 9.59 Å². The number of ether oxygens (including phenoxy) is 3. The Labute approximate surface area is 211 Å². The van der Waals surface area contributed by atoms with E-state index in [1.807, 2.05) is 27.7 Å². The van der Waals surface area contributed by atoms with Gasteiger partial charge in [-0.2, -0.15) is 0 Å². The number of nitrogens with one attached hydrogen (secondary N) is 1. The van der Waals surface area contributed by atoms with Crippen molar-refractivity contribution in [2.75, 3.05) is 39.3 Å². The molecule has 0 aromatic carbocycles. The van der Waals surface area contributed by atoms with Gasteiger partial charge >= 0.3 is 11.9 Å². The van der Waals surface area contributed by atoms with Crippen LogP contribution >= 0.6 is 0 Å². The van der Waals surface area contributed by atoms with Gasteiger partial charge in [0.15, 0.2) is 0 Å². The highest BCUT2D eigenvalue weighted by atomic mass is 16.6. The number of piperazine rings is 1. The van der Waals surface area contributed by atoms with Crippen LogP contribution in [0.5, 0.6) is 0 Å². The average Bonchev–Trinajstić information content (AvgIpc) is 3.45. The molecule has 8 nitrogen and oxygen atoms in total. The summed E-state index contributed by atoms with van der Waals surface area (Å²) < 4.78 is 18.4. The topological polar surface area (TPSA) is 80.3 Å². The second kappa shape index (κ2) is 11.4. The van der Waals surface area contributed by atoms with Gasteiger partial charge in [-0.3, -0.25) is 9.69 Å². The number of nitrogens with zero attached hydrogens (tertiary/aromatic N) is 2. The first kappa shape index (κ1) is 26.8. The molecule has 2 saturated carbocycles. The highest BCUT2D eigenvalue weighted by molar-refractivity contribution is 5.79. The third-order valence-corrected chi connectivity index (χ3v) is 7.87. The lowest BCUT2D eigenvalue weighted by Gasteiger charge is -2.53. The standard InChI is InChI=1S/C27H47N3O5/c1-5-33-24(31)21-10-12-23(13-11-21)34-27(29-15-6-7-16-29,25(32)35-26(2,3)4)30-17-14-28-19-22(30)18-20-8-9-20/h20-23,28H,5-19H2,1-4H3. The molecule has 8 heteroatoms. The summed E-state index contributed by atoms with van der Waals surface area (Å²) in [5.74, 6) is -0.915. The molecular formula is C27H47N3O5. The van der Waals surface area contributed by atoms with Crippen LogP contribution in [-0.2, 0) is 23.8 Å². The fourth-order valence-electron chi connectivity index (χ4n) is 6.00. The Kier molecular flexibility index (Phi) is 8.78. The molecule has 4 aliphatic rings. The van der Waals surface area contributed by atoms with Gasteiger partial charge in [-0.1, -0.05) is 12.8 Å². The van der Waals surface area contributed by atoms with Gasteiger partial charge in [0.2, 0.25) is 0 Å². The van der Waals surface area contributed by atoms with Gasteiger partial charge in [-0.15, -0.1) is 0 Å². The van der Waals surface area contributed by atoms with Gasteiger partial charge in [-0.05, 0) is 78.6 Å². The Bertz CT molecular complexity index is 723. The molecule has 2 heterocycles. The molecule has 1 N–H and O–H groups in total. The minimum absolute atomic E-state index is 0.0701. The normalized spacial score (nSPS) is 30.6. The summed E-state index contributed by atoms with van der Waals surface area (Å²) in [6, 6.07) is 0.236. The second-order valence-corrected chi connectivity index (χ2v) is 11.9. The van der Waals surface area contributed by atoms with Crippen LogP contribution in [0, 0.1) is 11.8 Å². The molecule has 0 aromatic rings. The van der Waals surface area contributed by atoms with Crippen molar-refractivity contribution < 1.29 is 23.8 Å². The van der Waals surface area contributed by atoms with Crippen molar-refractivity contribution in [3.8, 4) is 0 Å². The predicted molar refractivity (Wildman–Crippen MR) is 134 cm³/mol. The number of carbonyl (C=O) groups excluding carboxylic acids is 2. The lowest BCUT2D eigenvalue weighted by atomic mass is 9.87. The average molecular weight is 494 g/mol. The molecule has 2 atom stereocenters. The number of esters is 2. The fraction of sp³-hybridized carbons (Fsp3) is 0.926. The number of carbonyl (C=O) groups is 2. The molecule has 0 spiro atoms. The maximum absolute atomic E-state index is 14.2. The molecule has 2 saturated heterocycles. The van der Waals surface area contributed by atoms with Gasteiger partial charge in [0, 0.05) is 38.8 Å². The van der Waals surface area contributed by atoms with Crippen molar-refractivity contribution in [2.45, 2.75) is 109 Å². The lowest BCUT2D eigenvalue weighted by Crippen LogP contribution is -2.73. The zero-order valence-corrected chi connectivity index (χ0v) is 22.4. The van der Waals surface area contributed by atoms with Gasteiger partial charge in [-0.25, -0.2) is 9.69 Å². The molecular weight excluding hydrogens is 446 g/mol. The number of likely N-dealkylation sites (tertiary alicyclic amines) is 1. The molecule has 35 heavy (non-hydrogen) atoms. The highest BCUT2D eigenvalue weighted by Gasteiger charge is 2.57. The van der Waals surface area contributed by atoms with Crippen molar-refractivity contribution in [3.05, 3.63) is 0 Å². The summed E-state index contributed by atoms with van der Waals surface area (Å²) >= 11 is 0. The fourth-order valence-corrected chi connectivity index (χ4v) is 6.00. The summed E-state index contributed by atoms with van der Waals surface area (Å²) in [7, 11) is 0. The number of hydrogen-bond acceptors (Lipinski definition) is 8. The quantitative estimate of drug-likeness (QED) is 0.490. The van der Waals surface area contributed by atoms with Crippen LogP contribution in [0.4, 0.5) is 0 Å². The van der Waals surface area contributed by atoms with Crippen LogP contribution < -0.4 is 5.32 Å². The van der Waals surface area contributed by atoms with Crippen LogP contribution in [0.2, 0.25) is 0 Å². The van der Waals surface area contributed by atoms with E-state index in [0.717, 1.165) is 83.6 Å². The number of rotatable bonds is 9. The molecule has 200 valence electrons. The van der Waals surface area contributed by atoms with Crippen LogP contribution in [-0.4, -0.2) is 84.7 Å². The molecule has 0 radical (unpaired) electrons. The Hall–Kier alpha value is -1.22. The van der Waals surface area contributed by atoms with Crippen LogP contribution in [0.3, 0.4) is 0 Å². The first-order valence-corrected chi connectivity index (χ1v) is 14.0. The maximum atomic E-state index is 14.2. The zero-order chi connectivity index (χ0) is 25.1. The van der Waals surface area contributed by atoms with E-state index in [1.165, 1.54) is 12.8 Å². The molecule has 0 aromatic heterocycles. The van der Waals surface area contributed by atoms with E-state index in [4.69, 9.17) is 14.2 Å². The Morgan fingerprint density at radius 1 is 0.971 bits per heavy atom. The Balaban J connectivity index is 1.62. The molecule has 2 aliphatic heterocycles. The van der Waals surface area contributed by atoms with E-state index in [2.05, 4.69) is 15.1 Å². The van der Waals surface area contributed by atoms with Crippen LogP contribution in [0.15, 0.2) is 0 Å². The molecule has 4 fully saturated rings. The van der Waals surface area contributed by atoms with Crippen LogP contribution in [0.1, 0.15) is 85.5 Å². The van der Waals surface area contributed by atoms with Gasteiger partial charge in [0.1, 0.15) is 5.60 Å². The predicted octanol–water partition coefficient (Wildman–Crippen LogP) is 3.29. The lowest BCUT2D eigenvalue weighted by molar-refractivity contribution is -0.287. The van der Waals surface area contributed by atoms with E-state index >= 15 is 0 Å². The third kappa shape index (κ3) is 6.56. The van der Waals surface area contributed by atoms with Crippen molar-refractivity contribution in [1.29, 1.82) is 0 Å². The van der Waals surface area contributed by atoms with Crippen molar-refractivity contribution in [2.24, 2.45) is 11.8 Å². The summed E-state index contributed by atoms with van der Waals surface area (Å²) in [5.41, 5.74) is -0.604. The van der Waals surface area contributed by atoms with Gasteiger partial charge in [0.05, 0.1) is 18.6 Å².